The lowest BCUT2D eigenvalue weighted by Gasteiger charge is -2.41. The summed E-state index contributed by atoms with van der Waals surface area (Å²) in [7, 11) is 0. The van der Waals surface area contributed by atoms with Crippen LogP contribution in [0.1, 0.15) is 93.9 Å². The minimum Gasteiger partial charge on any atom is -0.435 e. The van der Waals surface area contributed by atoms with Gasteiger partial charge >= 0.3 is 5.97 Å². The average Bonchev–Trinajstić information content (AvgIpc) is 3.15. The molecule has 0 bridgehead atoms. The number of carbonyl (C=O) groups excluding carboxylic acids is 1. The second-order valence-corrected chi connectivity index (χ2v) is 9.44. The molecule has 3 nitrogen and oxygen atoms in total. The summed E-state index contributed by atoms with van der Waals surface area (Å²) >= 11 is 0. The summed E-state index contributed by atoms with van der Waals surface area (Å²) in [4.78, 5) is 12.8. The number of rotatable bonds is 6. The highest BCUT2D eigenvalue weighted by atomic mass is 16.7. The zero-order valence-corrected chi connectivity index (χ0v) is 16.0. The van der Waals surface area contributed by atoms with E-state index in [9.17, 15) is 4.79 Å². The highest BCUT2D eigenvalue weighted by Crippen LogP contribution is 2.56. The molecule has 0 aromatic rings. The van der Waals surface area contributed by atoms with Crippen molar-refractivity contribution in [1.29, 1.82) is 0 Å². The van der Waals surface area contributed by atoms with Crippen molar-refractivity contribution in [2.75, 3.05) is 6.61 Å². The molecule has 0 aromatic heterocycles. The van der Waals surface area contributed by atoms with E-state index in [0.29, 0.717) is 12.5 Å². The summed E-state index contributed by atoms with van der Waals surface area (Å²) in [6, 6.07) is 0. The van der Waals surface area contributed by atoms with E-state index in [2.05, 4.69) is 41.5 Å². The molecule has 0 spiro atoms. The fourth-order valence-electron chi connectivity index (χ4n) is 3.92. The van der Waals surface area contributed by atoms with Crippen molar-refractivity contribution in [3.05, 3.63) is 0 Å². The molecule has 2 fully saturated rings. The Labute approximate surface area is 149 Å². The van der Waals surface area contributed by atoms with Crippen molar-refractivity contribution in [2.45, 2.75) is 100 Å². The third-order valence-corrected chi connectivity index (χ3v) is 5.94. The zero-order valence-electron chi connectivity index (χ0n) is 16.0. The van der Waals surface area contributed by atoms with E-state index in [0.717, 1.165) is 25.7 Å². The van der Waals surface area contributed by atoms with Gasteiger partial charge in [0.2, 0.25) is 6.29 Å². The average molecular weight is 341 g/mol. The van der Waals surface area contributed by atoms with Gasteiger partial charge in [-0.25, -0.2) is 0 Å². The number of carbonyl (C=O) groups is 1. The van der Waals surface area contributed by atoms with Gasteiger partial charge < -0.3 is 9.47 Å². The van der Waals surface area contributed by atoms with Gasteiger partial charge in [-0.15, -0.1) is 0 Å². The normalized spacial score (nSPS) is 30.2. The Kier molecular flexibility index (Phi) is 6.94. The van der Waals surface area contributed by atoms with E-state index in [1.807, 2.05) is 0 Å². The van der Waals surface area contributed by atoms with E-state index in [-0.39, 0.29) is 29.6 Å². The Morgan fingerprint density at radius 3 is 2.17 bits per heavy atom. The van der Waals surface area contributed by atoms with Crippen LogP contribution in [0.25, 0.3) is 0 Å². The van der Waals surface area contributed by atoms with Crippen molar-refractivity contribution in [2.24, 2.45) is 22.2 Å². The van der Waals surface area contributed by atoms with Gasteiger partial charge in [0.05, 0.1) is 12.0 Å². The van der Waals surface area contributed by atoms with Crippen LogP contribution < -0.4 is 0 Å². The molecule has 142 valence electrons. The smallest absolute Gasteiger partial charge is 0.314 e. The van der Waals surface area contributed by atoms with E-state index >= 15 is 0 Å². The number of ether oxygens (including phenoxy) is 2. The quantitative estimate of drug-likeness (QED) is 0.442. The van der Waals surface area contributed by atoms with Gasteiger partial charge in [-0.1, -0.05) is 68.2 Å². The van der Waals surface area contributed by atoms with Gasteiger partial charge in [-0.2, -0.15) is 0 Å². The molecule has 0 N–H and O–H groups in total. The molecule has 2 aliphatic rings. The maximum Gasteiger partial charge on any atom is 0.314 e. The van der Waals surface area contributed by atoms with Gasteiger partial charge in [0.15, 0.2) is 0 Å². The minimum absolute atomic E-state index is 0. The summed E-state index contributed by atoms with van der Waals surface area (Å²) in [6.45, 7) is 13.6. The SMILES string of the molecule is C.CCC1(C(=O)OC(OCC(C)(C)C)C2(C)CCCCC2)CC1C. The van der Waals surface area contributed by atoms with Gasteiger partial charge in [-0.05, 0) is 37.0 Å². The summed E-state index contributed by atoms with van der Waals surface area (Å²) in [5, 5.41) is 0. The van der Waals surface area contributed by atoms with Crippen molar-refractivity contribution in [3.63, 3.8) is 0 Å². The van der Waals surface area contributed by atoms with Crippen LogP contribution in [0.5, 0.6) is 0 Å². The van der Waals surface area contributed by atoms with Crippen LogP contribution in [0.3, 0.4) is 0 Å². The Morgan fingerprint density at radius 1 is 1.21 bits per heavy atom. The maximum atomic E-state index is 12.8. The first-order chi connectivity index (χ1) is 10.6. The molecule has 2 aliphatic carbocycles. The Balaban J connectivity index is 0.00000288. The lowest BCUT2D eigenvalue weighted by Crippen LogP contribution is -2.42. The van der Waals surface area contributed by atoms with Gasteiger partial charge in [0.1, 0.15) is 0 Å². The molecule has 24 heavy (non-hydrogen) atoms. The Hall–Kier alpha value is -0.570. The van der Waals surface area contributed by atoms with Crippen LogP contribution >= 0.6 is 0 Å². The van der Waals surface area contributed by atoms with Gasteiger partial charge in [-0.3, -0.25) is 4.79 Å². The first-order valence-electron chi connectivity index (χ1n) is 9.46. The summed E-state index contributed by atoms with van der Waals surface area (Å²) < 4.78 is 12.2. The lowest BCUT2D eigenvalue weighted by molar-refractivity contribution is -0.226. The summed E-state index contributed by atoms with van der Waals surface area (Å²) in [5.41, 5.74) is -0.203. The predicted octanol–water partition coefficient (Wildman–Crippen LogP) is 5.96. The summed E-state index contributed by atoms with van der Waals surface area (Å²) in [6.07, 6.45) is 7.31. The second-order valence-electron chi connectivity index (χ2n) is 9.44. The molecule has 0 aliphatic heterocycles. The standard InChI is InChI=1S/C20H36O3.CH4/c1-7-20(13-15(20)2)16(21)23-17(22-14-18(3,4)5)19(6)11-9-8-10-12-19;/h15,17H,7-14H2,1-6H3;1H4. The van der Waals surface area contributed by atoms with Crippen LogP contribution in [-0.2, 0) is 14.3 Å². The van der Waals surface area contributed by atoms with E-state index in [4.69, 9.17) is 9.47 Å². The molecule has 0 aromatic carbocycles. The predicted molar refractivity (Wildman–Crippen MR) is 99.7 cm³/mol. The van der Waals surface area contributed by atoms with Crippen molar-refractivity contribution in [3.8, 4) is 0 Å². The Morgan fingerprint density at radius 2 is 1.75 bits per heavy atom. The minimum atomic E-state index is -0.397. The largest absolute Gasteiger partial charge is 0.435 e. The van der Waals surface area contributed by atoms with Crippen LogP contribution in [0.2, 0.25) is 0 Å². The molecule has 3 unspecified atom stereocenters. The number of hydrogen-bond acceptors (Lipinski definition) is 3. The Bertz CT molecular complexity index is 413. The van der Waals surface area contributed by atoms with E-state index in [1.165, 1.54) is 19.3 Å². The molecule has 3 heteroatoms. The molecule has 0 saturated heterocycles. The molecule has 2 saturated carbocycles. The van der Waals surface area contributed by atoms with E-state index < -0.39 is 6.29 Å². The van der Waals surface area contributed by atoms with E-state index in [1.54, 1.807) is 0 Å². The fraction of sp³-hybridized carbons (Fsp3) is 0.952. The highest BCUT2D eigenvalue weighted by Gasteiger charge is 2.58. The molecule has 3 atom stereocenters. The monoisotopic (exact) mass is 340 g/mol. The highest BCUT2D eigenvalue weighted by molar-refractivity contribution is 5.80. The van der Waals surface area contributed by atoms with Crippen molar-refractivity contribution < 1.29 is 14.3 Å². The third-order valence-electron chi connectivity index (χ3n) is 5.94. The lowest BCUT2D eigenvalue weighted by atomic mass is 9.75. The third kappa shape index (κ3) is 4.74. The van der Waals surface area contributed by atoms with Crippen molar-refractivity contribution >= 4 is 5.97 Å². The second kappa shape index (κ2) is 7.76. The topological polar surface area (TPSA) is 35.5 Å². The van der Waals surface area contributed by atoms with Crippen LogP contribution in [0.15, 0.2) is 0 Å². The first-order valence-corrected chi connectivity index (χ1v) is 9.46. The molecule has 0 radical (unpaired) electrons. The maximum absolute atomic E-state index is 12.8. The molecular weight excluding hydrogens is 300 g/mol. The van der Waals surface area contributed by atoms with Gasteiger partial charge in [0, 0.05) is 5.41 Å². The van der Waals surface area contributed by atoms with Gasteiger partial charge in [0.25, 0.3) is 0 Å². The fourth-order valence-corrected chi connectivity index (χ4v) is 3.92. The molecule has 0 amide bonds. The first kappa shape index (κ1) is 21.5. The molecule has 0 heterocycles. The van der Waals surface area contributed by atoms with Crippen LogP contribution in [-0.4, -0.2) is 18.9 Å². The molecular formula is C21H40O3. The van der Waals surface area contributed by atoms with Crippen LogP contribution in [0.4, 0.5) is 0 Å². The zero-order chi connectivity index (χ0) is 17.3. The summed E-state index contributed by atoms with van der Waals surface area (Å²) in [5.74, 6) is 0.417. The van der Waals surface area contributed by atoms with Crippen LogP contribution in [0, 0.1) is 22.2 Å². The molecule has 2 rings (SSSR count). The van der Waals surface area contributed by atoms with Crippen molar-refractivity contribution in [1.82, 2.24) is 0 Å². The number of hydrogen-bond donors (Lipinski definition) is 0. The number of esters is 1.